The predicted octanol–water partition coefficient (Wildman–Crippen LogP) is 1.75. The van der Waals surface area contributed by atoms with E-state index in [0.29, 0.717) is 13.1 Å². The number of benzene rings is 1. The fourth-order valence-corrected chi connectivity index (χ4v) is 5.65. The van der Waals surface area contributed by atoms with Crippen molar-refractivity contribution in [3.63, 3.8) is 0 Å². The smallest absolute Gasteiger partial charge is 0.230 e. The van der Waals surface area contributed by atoms with E-state index in [-0.39, 0.29) is 17.9 Å². The highest BCUT2D eigenvalue weighted by Crippen LogP contribution is 2.52. The molecular formula is C24H31N3O3. The van der Waals surface area contributed by atoms with Crippen LogP contribution in [0.25, 0.3) is 0 Å². The quantitative estimate of drug-likeness (QED) is 0.714. The molecule has 5 rings (SSSR count). The molecule has 4 atom stereocenters. The number of carbonyl (C=O) groups is 2. The van der Waals surface area contributed by atoms with Gasteiger partial charge in [-0.2, -0.15) is 0 Å². The molecule has 4 aliphatic rings. The van der Waals surface area contributed by atoms with Crippen molar-refractivity contribution in [2.45, 2.75) is 38.5 Å². The molecule has 0 radical (unpaired) electrons. The number of likely N-dealkylation sites (tertiary alicyclic amines) is 1. The van der Waals surface area contributed by atoms with Gasteiger partial charge in [-0.15, -0.1) is 0 Å². The summed E-state index contributed by atoms with van der Waals surface area (Å²) in [4.78, 5) is 33.2. The first-order chi connectivity index (χ1) is 14.4. The van der Waals surface area contributed by atoms with Crippen molar-refractivity contribution >= 4 is 11.8 Å². The van der Waals surface area contributed by atoms with Crippen LogP contribution in [0.15, 0.2) is 30.4 Å². The van der Waals surface area contributed by atoms with Crippen LogP contribution in [0.2, 0.25) is 0 Å². The second-order valence-corrected chi connectivity index (χ2v) is 9.51. The van der Waals surface area contributed by atoms with Crippen LogP contribution < -0.4 is 0 Å². The maximum atomic E-state index is 13.5. The van der Waals surface area contributed by atoms with Crippen molar-refractivity contribution in [3.05, 3.63) is 47.0 Å². The van der Waals surface area contributed by atoms with Gasteiger partial charge >= 0.3 is 0 Å². The van der Waals surface area contributed by atoms with Gasteiger partial charge in [-0.05, 0) is 45.0 Å². The fraction of sp³-hybridized carbons (Fsp3) is 0.583. The molecule has 3 saturated heterocycles. The highest BCUT2D eigenvalue weighted by molar-refractivity contribution is 5.93. The maximum Gasteiger partial charge on any atom is 0.230 e. The molecule has 0 aromatic heterocycles. The first kappa shape index (κ1) is 19.8. The Morgan fingerprint density at radius 2 is 2.03 bits per heavy atom. The van der Waals surface area contributed by atoms with Crippen LogP contribution >= 0.6 is 0 Å². The van der Waals surface area contributed by atoms with Crippen molar-refractivity contribution in [2.75, 3.05) is 39.8 Å². The Balaban J connectivity index is 1.38. The Kier molecular flexibility index (Phi) is 4.75. The van der Waals surface area contributed by atoms with E-state index in [2.05, 4.69) is 44.0 Å². The Morgan fingerprint density at radius 3 is 2.87 bits per heavy atom. The molecule has 0 unspecified atom stereocenters. The second kappa shape index (κ2) is 7.20. The molecule has 0 N–H and O–H groups in total. The number of likely N-dealkylation sites (N-methyl/N-ethyl adjacent to an activating group) is 1. The molecule has 160 valence electrons. The van der Waals surface area contributed by atoms with E-state index in [0.717, 1.165) is 38.2 Å². The standard InChI is InChI=1S/C24H31N3O3/c1-16-5-6-17(2)18(13-16)14-27-15-24-8-7-19(30-24)20(21(24)23(27)29)22(28)26-10-4-9-25(3)11-12-26/h5-8,13,19-21H,4,9-12,14-15H2,1-3H3/t19-,20-,21+,24-/m0/s1. The maximum absolute atomic E-state index is 13.5. The zero-order valence-corrected chi connectivity index (χ0v) is 18.1. The van der Waals surface area contributed by atoms with Crippen LogP contribution in [0, 0.1) is 25.7 Å². The molecule has 0 saturated carbocycles. The lowest BCUT2D eigenvalue weighted by atomic mass is 9.76. The van der Waals surface area contributed by atoms with Gasteiger partial charge in [0, 0.05) is 26.2 Å². The van der Waals surface area contributed by atoms with Gasteiger partial charge in [0.05, 0.1) is 24.5 Å². The highest BCUT2D eigenvalue weighted by Gasteiger charge is 2.67. The van der Waals surface area contributed by atoms with Crippen LogP contribution in [-0.2, 0) is 20.9 Å². The molecule has 0 aliphatic carbocycles. The average molecular weight is 410 g/mol. The SMILES string of the molecule is Cc1ccc(C)c(CN2C[C@]34C=C[C@H](O3)[C@H](C(=O)N3CCCN(C)CC3)[C@@H]4C2=O)c1. The van der Waals surface area contributed by atoms with E-state index >= 15 is 0 Å². The number of amides is 2. The van der Waals surface area contributed by atoms with Gasteiger partial charge in [0.1, 0.15) is 5.60 Å². The fourth-order valence-electron chi connectivity index (χ4n) is 5.65. The van der Waals surface area contributed by atoms with E-state index in [1.807, 2.05) is 22.0 Å². The second-order valence-electron chi connectivity index (χ2n) is 9.51. The average Bonchev–Trinajstić information content (AvgIpc) is 3.28. The van der Waals surface area contributed by atoms with Gasteiger partial charge < -0.3 is 19.4 Å². The zero-order valence-electron chi connectivity index (χ0n) is 18.1. The van der Waals surface area contributed by atoms with Gasteiger partial charge in [-0.3, -0.25) is 9.59 Å². The number of hydrogen-bond acceptors (Lipinski definition) is 4. The summed E-state index contributed by atoms with van der Waals surface area (Å²) in [5.41, 5.74) is 2.90. The number of ether oxygens (including phenoxy) is 1. The Hall–Kier alpha value is -2.18. The van der Waals surface area contributed by atoms with E-state index < -0.39 is 17.4 Å². The molecule has 4 aliphatic heterocycles. The van der Waals surface area contributed by atoms with Crippen LogP contribution in [0.1, 0.15) is 23.1 Å². The summed E-state index contributed by atoms with van der Waals surface area (Å²) in [6.45, 7) is 8.62. The zero-order chi connectivity index (χ0) is 21.0. The van der Waals surface area contributed by atoms with Crippen LogP contribution in [0.4, 0.5) is 0 Å². The Labute approximate surface area is 178 Å². The number of fused-ring (bicyclic) bond motifs is 1. The summed E-state index contributed by atoms with van der Waals surface area (Å²) in [6.07, 6.45) is 4.76. The molecule has 3 fully saturated rings. The summed E-state index contributed by atoms with van der Waals surface area (Å²) in [5, 5.41) is 0. The van der Waals surface area contributed by atoms with Crippen molar-refractivity contribution in [1.29, 1.82) is 0 Å². The lowest BCUT2D eigenvalue weighted by molar-refractivity contribution is -0.143. The van der Waals surface area contributed by atoms with Crippen molar-refractivity contribution in [3.8, 4) is 0 Å². The molecule has 6 heteroatoms. The molecule has 30 heavy (non-hydrogen) atoms. The molecule has 2 bridgehead atoms. The number of rotatable bonds is 3. The molecule has 6 nitrogen and oxygen atoms in total. The number of nitrogens with zero attached hydrogens (tertiary/aromatic N) is 3. The number of aryl methyl sites for hydroxylation is 2. The van der Waals surface area contributed by atoms with Gasteiger partial charge in [-0.25, -0.2) is 0 Å². The summed E-state index contributed by atoms with van der Waals surface area (Å²) < 4.78 is 6.32. The van der Waals surface area contributed by atoms with Crippen LogP contribution in [0.3, 0.4) is 0 Å². The third-order valence-corrected chi connectivity index (χ3v) is 7.36. The van der Waals surface area contributed by atoms with Crippen LogP contribution in [-0.4, -0.2) is 78.0 Å². The Bertz CT molecular complexity index is 913. The minimum absolute atomic E-state index is 0.0630. The minimum Gasteiger partial charge on any atom is -0.360 e. The Morgan fingerprint density at radius 1 is 1.20 bits per heavy atom. The number of hydrogen-bond donors (Lipinski definition) is 0. The lowest BCUT2D eigenvalue weighted by Gasteiger charge is -2.29. The topological polar surface area (TPSA) is 53.1 Å². The molecule has 4 heterocycles. The molecule has 1 aromatic carbocycles. The van der Waals surface area contributed by atoms with Gasteiger partial charge in [0.2, 0.25) is 11.8 Å². The molecule has 1 aromatic rings. The minimum atomic E-state index is -0.636. The van der Waals surface area contributed by atoms with E-state index in [1.165, 1.54) is 11.1 Å². The van der Waals surface area contributed by atoms with E-state index in [4.69, 9.17) is 4.74 Å². The predicted molar refractivity (Wildman–Crippen MR) is 114 cm³/mol. The normalized spacial score (nSPS) is 33.3. The lowest BCUT2D eigenvalue weighted by Crippen LogP contribution is -2.47. The molecule has 1 spiro atoms. The van der Waals surface area contributed by atoms with Gasteiger partial charge in [0.15, 0.2) is 0 Å². The third kappa shape index (κ3) is 3.08. The van der Waals surface area contributed by atoms with Gasteiger partial charge in [0.25, 0.3) is 0 Å². The summed E-state index contributed by atoms with van der Waals surface area (Å²) >= 11 is 0. The summed E-state index contributed by atoms with van der Waals surface area (Å²) in [5.74, 6) is -0.637. The highest BCUT2D eigenvalue weighted by atomic mass is 16.5. The number of carbonyl (C=O) groups excluding carboxylic acids is 2. The first-order valence-electron chi connectivity index (χ1n) is 11.1. The van der Waals surface area contributed by atoms with Gasteiger partial charge in [-0.1, -0.05) is 35.9 Å². The largest absolute Gasteiger partial charge is 0.360 e. The van der Waals surface area contributed by atoms with E-state index in [1.54, 1.807) is 0 Å². The van der Waals surface area contributed by atoms with Crippen molar-refractivity contribution in [1.82, 2.24) is 14.7 Å². The van der Waals surface area contributed by atoms with Crippen LogP contribution in [0.5, 0.6) is 0 Å². The summed E-state index contributed by atoms with van der Waals surface area (Å²) in [7, 11) is 2.10. The molecule has 2 amide bonds. The monoisotopic (exact) mass is 409 g/mol. The summed E-state index contributed by atoms with van der Waals surface area (Å²) in [6, 6.07) is 6.35. The third-order valence-electron chi connectivity index (χ3n) is 7.36. The van der Waals surface area contributed by atoms with Crippen molar-refractivity contribution in [2.24, 2.45) is 11.8 Å². The van der Waals surface area contributed by atoms with Crippen molar-refractivity contribution < 1.29 is 14.3 Å². The molecular weight excluding hydrogens is 378 g/mol. The first-order valence-corrected chi connectivity index (χ1v) is 11.1. The van der Waals surface area contributed by atoms with E-state index in [9.17, 15) is 9.59 Å².